The molecule has 6 nitrogen and oxygen atoms in total. The molecule has 1 amide bonds. The number of carbonyl (C=O) groups excluding carboxylic acids is 1. The van der Waals surface area contributed by atoms with E-state index in [9.17, 15) is 4.79 Å². The summed E-state index contributed by atoms with van der Waals surface area (Å²) in [6, 6.07) is 5.71. The molecule has 1 aliphatic heterocycles. The van der Waals surface area contributed by atoms with Gasteiger partial charge in [-0.15, -0.1) is 0 Å². The van der Waals surface area contributed by atoms with E-state index in [1.165, 1.54) is 0 Å². The third kappa shape index (κ3) is 3.39. The monoisotopic (exact) mass is 306 g/mol. The number of aliphatic hydroxyl groups is 1. The number of morpholine rings is 1. The number of nitrogens with zero attached hydrogens (tertiary/aromatic N) is 2. The lowest BCUT2D eigenvalue weighted by Gasteiger charge is -2.37. The molecule has 3 rings (SSSR count). The molecule has 22 heavy (non-hydrogen) atoms. The zero-order valence-corrected chi connectivity index (χ0v) is 12.6. The lowest BCUT2D eigenvalue weighted by atomic mass is 10.1. The lowest BCUT2D eigenvalue weighted by molar-refractivity contribution is -0.144. The summed E-state index contributed by atoms with van der Waals surface area (Å²) in [5.41, 5.74) is 0. The maximum absolute atomic E-state index is 12.1. The van der Waals surface area contributed by atoms with Gasteiger partial charge in [-0.1, -0.05) is 6.07 Å². The van der Waals surface area contributed by atoms with Crippen LogP contribution in [-0.2, 0) is 9.53 Å². The predicted octanol–water partition coefficient (Wildman–Crippen LogP) is 0.849. The first-order valence-electron chi connectivity index (χ1n) is 7.83. The number of aromatic nitrogens is 1. The number of hydrogen-bond acceptors (Lipinski definition) is 5. The van der Waals surface area contributed by atoms with Gasteiger partial charge in [0.25, 0.3) is 0 Å². The van der Waals surface area contributed by atoms with E-state index in [4.69, 9.17) is 14.6 Å². The van der Waals surface area contributed by atoms with Crippen molar-refractivity contribution in [1.29, 1.82) is 0 Å². The van der Waals surface area contributed by atoms with Crippen molar-refractivity contribution in [2.45, 2.75) is 31.4 Å². The number of amides is 1. The maximum Gasteiger partial charge on any atom is 0.225 e. The summed E-state index contributed by atoms with van der Waals surface area (Å²) in [6.07, 6.45) is 3.78. The van der Waals surface area contributed by atoms with E-state index in [1.54, 1.807) is 6.20 Å². The number of hydrogen-bond donors (Lipinski definition) is 1. The van der Waals surface area contributed by atoms with Crippen molar-refractivity contribution in [2.75, 3.05) is 26.4 Å². The fraction of sp³-hybridized carbons (Fsp3) is 0.625. The third-order valence-electron chi connectivity index (χ3n) is 4.38. The summed E-state index contributed by atoms with van der Waals surface area (Å²) in [5.74, 6) is 1.01. The van der Waals surface area contributed by atoms with Crippen LogP contribution < -0.4 is 4.74 Å². The first-order chi connectivity index (χ1) is 10.8. The van der Waals surface area contributed by atoms with Crippen molar-refractivity contribution in [3.8, 4) is 5.88 Å². The highest BCUT2D eigenvalue weighted by Crippen LogP contribution is 2.34. The summed E-state index contributed by atoms with van der Waals surface area (Å²) in [5, 5.41) is 8.96. The molecule has 0 aromatic carbocycles. The van der Waals surface area contributed by atoms with Crippen molar-refractivity contribution >= 4 is 5.91 Å². The molecule has 120 valence electrons. The minimum absolute atomic E-state index is 0.0205. The fourth-order valence-corrected chi connectivity index (χ4v) is 3.37. The van der Waals surface area contributed by atoms with Crippen LogP contribution in [0.5, 0.6) is 5.88 Å². The molecule has 2 aliphatic rings. The standard InChI is InChI=1S/C16H22N2O4/c19-7-4-16(20)18-6-8-21-14-10-12(9-13(14)18)11-22-15-3-1-2-5-17-15/h1-3,5,12-14,19H,4,6-11H2/t12-,13-,14+/m0/s1. The van der Waals surface area contributed by atoms with E-state index in [2.05, 4.69) is 4.98 Å². The highest BCUT2D eigenvalue weighted by molar-refractivity contribution is 5.76. The van der Waals surface area contributed by atoms with Gasteiger partial charge in [-0.2, -0.15) is 0 Å². The first-order valence-corrected chi connectivity index (χ1v) is 7.83. The lowest BCUT2D eigenvalue weighted by Crippen LogP contribution is -2.51. The van der Waals surface area contributed by atoms with Gasteiger partial charge in [0.1, 0.15) is 0 Å². The second-order valence-corrected chi connectivity index (χ2v) is 5.85. The Morgan fingerprint density at radius 1 is 1.45 bits per heavy atom. The molecule has 0 bridgehead atoms. The Hall–Kier alpha value is -1.66. The summed E-state index contributed by atoms with van der Waals surface area (Å²) >= 11 is 0. The Bertz CT molecular complexity index is 496. The van der Waals surface area contributed by atoms with Crippen LogP contribution in [0.2, 0.25) is 0 Å². The van der Waals surface area contributed by atoms with Crippen LogP contribution in [0.15, 0.2) is 24.4 Å². The van der Waals surface area contributed by atoms with Crippen molar-refractivity contribution in [3.05, 3.63) is 24.4 Å². The minimum atomic E-state index is -0.0974. The van der Waals surface area contributed by atoms with Gasteiger partial charge in [-0.25, -0.2) is 4.98 Å². The molecule has 6 heteroatoms. The molecule has 1 saturated carbocycles. The second kappa shape index (κ2) is 7.07. The number of pyridine rings is 1. The van der Waals surface area contributed by atoms with Crippen LogP contribution in [0, 0.1) is 5.92 Å². The van der Waals surface area contributed by atoms with E-state index < -0.39 is 0 Å². The smallest absolute Gasteiger partial charge is 0.225 e. The van der Waals surface area contributed by atoms with Crippen LogP contribution in [0.3, 0.4) is 0 Å². The quantitative estimate of drug-likeness (QED) is 0.873. The van der Waals surface area contributed by atoms with Crippen molar-refractivity contribution in [2.24, 2.45) is 5.92 Å². The summed E-state index contributed by atoms with van der Waals surface area (Å²) in [4.78, 5) is 18.1. The van der Waals surface area contributed by atoms with Gasteiger partial charge in [0, 0.05) is 25.2 Å². The Morgan fingerprint density at radius 2 is 2.36 bits per heavy atom. The molecule has 2 heterocycles. The van der Waals surface area contributed by atoms with Gasteiger partial charge in [-0.3, -0.25) is 4.79 Å². The molecule has 1 saturated heterocycles. The topological polar surface area (TPSA) is 71.9 Å². The Labute approximate surface area is 130 Å². The molecule has 0 radical (unpaired) electrons. The second-order valence-electron chi connectivity index (χ2n) is 5.85. The van der Waals surface area contributed by atoms with Gasteiger partial charge in [0.05, 0.1) is 32.0 Å². The highest BCUT2D eigenvalue weighted by Gasteiger charge is 2.42. The average molecular weight is 306 g/mol. The number of aliphatic hydroxyl groups excluding tert-OH is 1. The summed E-state index contributed by atoms with van der Waals surface area (Å²) < 4.78 is 11.5. The van der Waals surface area contributed by atoms with E-state index >= 15 is 0 Å². The first kappa shape index (κ1) is 15.2. The number of ether oxygens (including phenoxy) is 2. The number of carbonyl (C=O) groups is 1. The van der Waals surface area contributed by atoms with E-state index in [0.717, 1.165) is 12.8 Å². The molecular formula is C16H22N2O4. The van der Waals surface area contributed by atoms with Crippen LogP contribution in [0.25, 0.3) is 0 Å². The minimum Gasteiger partial charge on any atom is -0.477 e. The van der Waals surface area contributed by atoms with Crippen molar-refractivity contribution in [3.63, 3.8) is 0 Å². The van der Waals surface area contributed by atoms with E-state index in [-0.39, 0.29) is 31.1 Å². The Morgan fingerprint density at radius 3 is 3.14 bits per heavy atom. The normalized spacial score (nSPS) is 27.5. The third-order valence-corrected chi connectivity index (χ3v) is 4.38. The average Bonchev–Trinajstić information content (AvgIpc) is 2.97. The SMILES string of the molecule is O=C(CCO)N1CCO[C@@H]2C[C@@H](COc3ccccn3)C[C@@H]21. The molecule has 2 fully saturated rings. The molecular weight excluding hydrogens is 284 g/mol. The van der Waals surface area contributed by atoms with Crippen molar-refractivity contribution < 1.29 is 19.4 Å². The van der Waals surface area contributed by atoms with Gasteiger partial charge in [0.2, 0.25) is 11.8 Å². The van der Waals surface area contributed by atoms with Gasteiger partial charge in [-0.05, 0) is 24.8 Å². The maximum atomic E-state index is 12.1. The van der Waals surface area contributed by atoms with Crippen LogP contribution in [-0.4, -0.2) is 59.4 Å². The zero-order valence-electron chi connectivity index (χ0n) is 12.6. The summed E-state index contributed by atoms with van der Waals surface area (Å²) in [6.45, 7) is 1.69. The van der Waals surface area contributed by atoms with E-state index in [1.807, 2.05) is 23.1 Å². The largest absolute Gasteiger partial charge is 0.477 e. The zero-order chi connectivity index (χ0) is 15.4. The van der Waals surface area contributed by atoms with Gasteiger partial charge >= 0.3 is 0 Å². The van der Waals surface area contributed by atoms with Crippen LogP contribution in [0.4, 0.5) is 0 Å². The molecule has 0 spiro atoms. The Balaban J connectivity index is 1.56. The molecule has 1 aromatic heterocycles. The molecule has 1 aromatic rings. The molecule has 0 unspecified atom stereocenters. The van der Waals surface area contributed by atoms with E-state index in [0.29, 0.717) is 31.6 Å². The molecule has 3 atom stereocenters. The summed E-state index contributed by atoms with van der Waals surface area (Å²) in [7, 11) is 0. The highest BCUT2D eigenvalue weighted by atomic mass is 16.5. The molecule has 1 aliphatic carbocycles. The number of rotatable bonds is 5. The van der Waals surface area contributed by atoms with Crippen LogP contribution in [0.1, 0.15) is 19.3 Å². The number of fused-ring (bicyclic) bond motifs is 1. The fourth-order valence-electron chi connectivity index (χ4n) is 3.37. The molecule has 1 N–H and O–H groups in total. The predicted molar refractivity (Wildman–Crippen MR) is 79.4 cm³/mol. The van der Waals surface area contributed by atoms with Crippen LogP contribution >= 0.6 is 0 Å². The van der Waals surface area contributed by atoms with Gasteiger partial charge in [0.15, 0.2) is 0 Å². The van der Waals surface area contributed by atoms with Gasteiger partial charge < -0.3 is 19.5 Å². The Kier molecular flexibility index (Phi) is 4.90. The van der Waals surface area contributed by atoms with Crippen molar-refractivity contribution in [1.82, 2.24) is 9.88 Å².